The molecule has 0 aliphatic heterocycles. The van der Waals surface area contributed by atoms with Crippen LogP contribution in [-0.4, -0.2) is 25.1 Å². The summed E-state index contributed by atoms with van der Waals surface area (Å²) in [5.74, 6) is 0.986. The Morgan fingerprint density at radius 1 is 1.40 bits per heavy atom. The third-order valence-corrected chi connectivity index (χ3v) is 4.07. The second kappa shape index (κ2) is 5.04. The largest absolute Gasteiger partial charge is 0.495 e. The molecule has 1 heterocycles. The topological polar surface area (TPSA) is 99.2 Å². The van der Waals surface area contributed by atoms with E-state index in [4.69, 9.17) is 10.5 Å². The Bertz CT molecular complexity index is 718. The van der Waals surface area contributed by atoms with Crippen molar-refractivity contribution >= 4 is 21.4 Å². The number of nitrogens with two attached hydrogens (primary N) is 1. The minimum atomic E-state index is -3.78. The molecule has 0 atom stereocenters. The number of aromatic nitrogens is 2. The molecule has 3 N–H and O–H groups in total. The zero-order chi connectivity index (χ0) is 14.9. The second-order valence-corrected chi connectivity index (χ2v) is 5.93. The normalized spacial score (nSPS) is 11.3. The van der Waals surface area contributed by atoms with Gasteiger partial charge in [0.25, 0.3) is 10.0 Å². The molecule has 0 radical (unpaired) electrons. The van der Waals surface area contributed by atoms with Crippen molar-refractivity contribution in [3.63, 3.8) is 0 Å². The Balaban J connectivity index is 2.40. The van der Waals surface area contributed by atoms with Crippen molar-refractivity contribution in [1.29, 1.82) is 0 Å². The van der Waals surface area contributed by atoms with Crippen molar-refractivity contribution in [2.24, 2.45) is 7.05 Å². The number of rotatable bonds is 4. The first-order valence-corrected chi connectivity index (χ1v) is 7.28. The van der Waals surface area contributed by atoms with Crippen molar-refractivity contribution in [2.75, 3.05) is 17.6 Å². The molecule has 0 aliphatic carbocycles. The summed E-state index contributed by atoms with van der Waals surface area (Å²) >= 11 is 0. The average molecular weight is 296 g/mol. The molecular formula is C12H16N4O3S. The lowest BCUT2D eigenvalue weighted by Crippen LogP contribution is -2.14. The molecule has 20 heavy (non-hydrogen) atoms. The number of nitrogens with one attached hydrogen (secondary N) is 1. The summed E-state index contributed by atoms with van der Waals surface area (Å²) in [5, 5.41) is -0.0537. The highest BCUT2D eigenvalue weighted by Gasteiger charge is 2.20. The fourth-order valence-electron chi connectivity index (χ4n) is 1.66. The minimum absolute atomic E-state index is 0.0537. The van der Waals surface area contributed by atoms with E-state index in [1.807, 2.05) is 0 Å². The number of imidazole rings is 1. The van der Waals surface area contributed by atoms with E-state index in [2.05, 4.69) is 9.71 Å². The van der Waals surface area contributed by atoms with Gasteiger partial charge >= 0.3 is 0 Å². The summed E-state index contributed by atoms with van der Waals surface area (Å²) in [6.45, 7) is 1.72. The van der Waals surface area contributed by atoms with Crippen LogP contribution in [0, 0.1) is 6.92 Å². The predicted molar refractivity (Wildman–Crippen MR) is 76.2 cm³/mol. The summed E-state index contributed by atoms with van der Waals surface area (Å²) in [5.41, 5.74) is 6.36. The molecule has 0 spiro atoms. The van der Waals surface area contributed by atoms with Crippen LogP contribution in [0.4, 0.5) is 11.4 Å². The number of nitrogens with zero attached hydrogens (tertiary/aromatic N) is 2. The van der Waals surface area contributed by atoms with E-state index in [-0.39, 0.29) is 10.7 Å². The Labute approximate surface area is 117 Å². The zero-order valence-electron chi connectivity index (χ0n) is 11.4. The van der Waals surface area contributed by atoms with E-state index >= 15 is 0 Å². The van der Waals surface area contributed by atoms with Gasteiger partial charge < -0.3 is 15.0 Å². The van der Waals surface area contributed by atoms with Gasteiger partial charge in [0.05, 0.1) is 12.8 Å². The van der Waals surface area contributed by atoms with Crippen molar-refractivity contribution in [2.45, 2.75) is 11.9 Å². The van der Waals surface area contributed by atoms with Gasteiger partial charge in [-0.1, -0.05) is 0 Å². The van der Waals surface area contributed by atoms with Crippen molar-refractivity contribution in [3.8, 4) is 5.75 Å². The Kier molecular flexibility index (Phi) is 3.58. The quantitative estimate of drug-likeness (QED) is 0.824. The number of hydrogen-bond acceptors (Lipinski definition) is 5. The van der Waals surface area contributed by atoms with Gasteiger partial charge in [0.15, 0.2) is 5.03 Å². The van der Waals surface area contributed by atoms with Gasteiger partial charge in [0.2, 0.25) is 0 Å². The molecule has 2 rings (SSSR count). The predicted octanol–water partition coefficient (Wildman–Crippen LogP) is 1.12. The maximum Gasteiger partial charge on any atom is 0.281 e. The van der Waals surface area contributed by atoms with Crippen LogP contribution < -0.4 is 15.2 Å². The summed E-state index contributed by atoms with van der Waals surface area (Å²) in [6, 6.07) is 4.71. The maximum absolute atomic E-state index is 12.3. The van der Waals surface area contributed by atoms with E-state index in [9.17, 15) is 8.42 Å². The van der Waals surface area contributed by atoms with Crippen LogP contribution in [0.25, 0.3) is 0 Å². The number of nitrogen functional groups attached to an aromatic ring is 1. The molecule has 0 saturated heterocycles. The fraction of sp³-hybridized carbons (Fsp3) is 0.250. The maximum atomic E-state index is 12.3. The SMILES string of the molecule is COc1ccc(N)cc1NS(=O)(=O)c1cn(C)c(C)n1. The Morgan fingerprint density at radius 2 is 2.10 bits per heavy atom. The molecule has 0 aliphatic rings. The third kappa shape index (κ3) is 2.69. The molecule has 1 aromatic carbocycles. The van der Waals surface area contributed by atoms with Crippen molar-refractivity contribution in [1.82, 2.24) is 9.55 Å². The number of benzene rings is 1. The molecule has 8 heteroatoms. The van der Waals surface area contributed by atoms with Gasteiger partial charge in [0, 0.05) is 18.9 Å². The second-order valence-electron chi connectivity index (χ2n) is 4.30. The van der Waals surface area contributed by atoms with Crippen LogP contribution in [-0.2, 0) is 17.1 Å². The van der Waals surface area contributed by atoms with E-state index in [1.54, 1.807) is 30.7 Å². The number of methoxy groups -OCH3 is 1. The zero-order valence-corrected chi connectivity index (χ0v) is 12.2. The molecule has 0 amide bonds. The molecule has 7 nitrogen and oxygen atoms in total. The van der Waals surface area contributed by atoms with Crippen LogP contribution in [0.5, 0.6) is 5.75 Å². The summed E-state index contributed by atoms with van der Waals surface area (Å²) in [7, 11) is -0.605. The summed E-state index contributed by atoms with van der Waals surface area (Å²) < 4.78 is 33.7. The van der Waals surface area contributed by atoms with Crippen molar-refractivity contribution < 1.29 is 13.2 Å². The lowest BCUT2D eigenvalue weighted by molar-refractivity contribution is 0.417. The number of ether oxygens (including phenoxy) is 1. The highest BCUT2D eigenvalue weighted by Crippen LogP contribution is 2.28. The van der Waals surface area contributed by atoms with Crippen LogP contribution in [0.2, 0.25) is 0 Å². The van der Waals surface area contributed by atoms with Crippen LogP contribution >= 0.6 is 0 Å². The molecule has 108 valence electrons. The Morgan fingerprint density at radius 3 is 2.65 bits per heavy atom. The first-order chi connectivity index (χ1) is 9.33. The monoisotopic (exact) mass is 296 g/mol. The van der Waals surface area contributed by atoms with Crippen LogP contribution in [0.3, 0.4) is 0 Å². The van der Waals surface area contributed by atoms with Crippen molar-refractivity contribution in [3.05, 3.63) is 30.2 Å². The highest BCUT2D eigenvalue weighted by atomic mass is 32.2. The van der Waals surface area contributed by atoms with E-state index in [0.717, 1.165) is 0 Å². The lowest BCUT2D eigenvalue weighted by atomic mass is 10.2. The molecule has 1 aromatic heterocycles. The van der Waals surface area contributed by atoms with E-state index < -0.39 is 10.0 Å². The summed E-state index contributed by atoms with van der Waals surface area (Å²) in [4.78, 5) is 4.00. The average Bonchev–Trinajstić information content (AvgIpc) is 2.70. The first kappa shape index (κ1) is 14.2. The summed E-state index contributed by atoms with van der Waals surface area (Å²) in [6.07, 6.45) is 1.44. The first-order valence-electron chi connectivity index (χ1n) is 5.80. The standard InChI is InChI=1S/C12H16N4O3S/c1-8-14-12(7-16(8)2)20(17,18)15-10-6-9(13)4-5-11(10)19-3/h4-7,15H,13H2,1-3H3. The lowest BCUT2D eigenvalue weighted by Gasteiger charge is -2.11. The smallest absolute Gasteiger partial charge is 0.281 e. The Hall–Kier alpha value is -2.22. The van der Waals surface area contributed by atoms with Gasteiger partial charge in [-0.3, -0.25) is 4.72 Å². The highest BCUT2D eigenvalue weighted by molar-refractivity contribution is 7.92. The van der Waals surface area contributed by atoms with Gasteiger partial charge in [-0.2, -0.15) is 8.42 Å². The molecule has 0 saturated carbocycles. The molecule has 0 fully saturated rings. The van der Waals surface area contributed by atoms with Gasteiger partial charge in [-0.25, -0.2) is 4.98 Å². The number of hydrogen-bond donors (Lipinski definition) is 2. The van der Waals surface area contributed by atoms with E-state index in [0.29, 0.717) is 17.3 Å². The molecule has 0 bridgehead atoms. The molecular weight excluding hydrogens is 280 g/mol. The van der Waals surface area contributed by atoms with Crippen LogP contribution in [0.1, 0.15) is 5.82 Å². The minimum Gasteiger partial charge on any atom is -0.495 e. The third-order valence-electron chi connectivity index (χ3n) is 2.83. The number of anilines is 2. The molecule has 2 aromatic rings. The van der Waals surface area contributed by atoms with E-state index in [1.165, 1.54) is 19.4 Å². The number of sulfonamides is 1. The fourth-order valence-corrected chi connectivity index (χ4v) is 2.76. The van der Waals surface area contributed by atoms with Crippen LogP contribution in [0.15, 0.2) is 29.4 Å². The van der Waals surface area contributed by atoms with Gasteiger partial charge in [-0.15, -0.1) is 0 Å². The number of aryl methyl sites for hydroxylation is 2. The van der Waals surface area contributed by atoms with Gasteiger partial charge in [-0.05, 0) is 25.1 Å². The molecule has 0 unspecified atom stereocenters. The van der Waals surface area contributed by atoms with Gasteiger partial charge in [0.1, 0.15) is 11.6 Å².